The van der Waals surface area contributed by atoms with Crippen LogP contribution < -0.4 is 14.4 Å². The van der Waals surface area contributed by atoms with Crippen LogP contribution in [0.4, 0.5) is 5.69 Å². The molecule has 0 aliphatic heterocycles. The van der Waals surface area contributed by atoms with Crippen molar-refractivity contribution in [2.75, 3.05) is 24.2 Å². The van der Waals surface area contributed by atoms with Crippen LogP contribution in [0.25, 0.3) is 0 Å². The van der Waals surface area contributed by atoms with E-state index in [9.17, 15) is 18.0 Å². The molecule has 0 saturated carbocycles. The van der Waals surface area contributed by atoms with Crippen LogP contribution in [0.2, 0.25) is 5.02 Å². The lowest BCUT2D eigenvalue weighted by molar-refractivity contribution is -0.139. The third-order valence-electron chi connectivity index (χ3n) is 4.90. The molecule has 0 fully saturated rings. The van der Waals surface area contributed by atoms with Crippen LogP contribution in [0, 0.1) is 0 Å². The number of methoxy groups -OCH3 is 1. The Labute approximate surface area is 200 Å². The largest absolute Gasteiger partial charge is 0.495 e. The first-order chi connectivity index (χ1) is 15.4. The van der Waals surface area contributed by atoms with Crippen molar-refractivity contribution in [2.45, 2.75) is 39.4 Å². The van der Waals surface area contributed by atoms with E-state index in [1.54, 1.807) is 6.92 Å². The first-order valence-corrected chi connectivity index (χ1v) is 12.6. The lowest BCUT2D eigenvalue weighted by Crippen LogP contribution is -2.52. The van der Waals surface area contributed by atoms with Gasteiger partial charge in [-0.25, -0.2) is 8.42 Å². The van der Waals surface area contributed by atoms with E-state index in [1.807, 2.05) is 44.2 Å². The maximum absolute atomic E-state index is 13.4. The predicted octanol–water partition coefficient (Wildman–Crippen LogP) is 3.06. The van der Waals surface area contributed by atoms with Gasteiger partial charge in [0, 0.05) is 12.6 Å². The van der Waals surface area contributed by atoms with E-state index in [4.69, 9.17) is 16.3 Å². The van der Waals surface area contributed by atoms with E-state index in [-0.39, 0.29) is 29.2 Å². The molecule has 180 valence electrons. The van der Waals surface area contributed by atoms with Gasteiger partial charge >= 0.3 is 0 Å². The Morgan fingerprint density at radius 1 is 1.09 bits per heavy atom. The number of nitrogens with one attached hydrogen (secondary N) is 1. The number of benzene rings is 2. The molecule has 2 rings (SSSR count). The highest BCUT2D eigenvalue weighted by Crippen LogP contribution is 2.30. The normalized spacial score (nSPS) is 12.2. The first-order valence-electron chi connectivity index (χ1n) is 10.4. The van der Waals surface area contributed by atoms with Crippen molar-refractivity contribution in [3.8, 4) is 5.75 Å². The van der Waals surface area contributed by atoms with Crippen molar-refractivity contribution in [2.24, 2.45) is 0 Å². The smallest absolute Gasteiger partial charge is 0.244 e. The fraction of sp³-hybridized carbons (Fsp3) is 0.391. The molecule has 1 N–H and O–H groups in total. The molecule has 0 bridgehead atoms. The van der Waals surface area contributed by atoms with Crippen LogP contribution in [0.15, 0.2) is 48.5 Å². The zero-order chi connectivity index (χ0) is 24.8. The highest BCUT2D eigenvalue weighted by Gasteiger charge is 2.30. The number of ether oxygens (including phenoxy) is 1. The molecule has 0 aliphatic carbocycles. The van der Waals surface area contributed by atoms with Crippen LogP contribution in [-0.2, 0) is 26.2 Å². The molecular weight excluding hydrogens is 466 g/mol. The summed E-state index contributed by atoms with van der Waals surface area (Å²) < 4.78 is 31.2. The summed E-state index contributed by atoms with van der Waals surface area (Å²) in [5.41, 5.74) is 1.03. The number of halogens is 1. The molecule has 33 heavy (non-hydrogen) atoms. The molecule has 2 aromatic rings. The monoisotopic (exact) mass is 495 g/mol. The van der Waals surface area contributed by atoms with E-state index in [1.165, 1.54) is 30.2 Å². The lowest BCUT2D eigenvalue weighted by Gasteiger charge is -2.32. The van der Waals surface area contributed by atoms with Crippen molar-refractivity contribution >= 4 is 39.1 Å². The number of carbonyl (C=O) groups excluding carboxylic acids is 2. The van der Waals surface area contributed by atoms with Gasteiger partial charge < -0.3 is 15.0 Å². The quantitative estimate of drug-likeness (QED) is 0.546. The van der Waals surface area contributed by atoms with Crippen molar-refractivity contribution in [1.29, 1.82) is 0 Å². The van der Waals surface area contributed by atoms with Gasteiger partial charge in [-0.2, -0.15) is 0 Å². The standard InChI is InChI=1S/C23H30ClN3O5S/c1-16(2)25-23(29)17(3)26(14-18-9-7-6-8-10-18)22(28)15-27(33(5,30)31)19-11-12-21(32-4)20(24)13-19/h6-13,16-17H,14-15H2,1-5H3,(H,25,29)/t17-/m0/s1. The van der Waals surface area contributed by atoms with E-state index in [2.05, 4.69) is 5.32 Å². The summed E-state index contributed by atoms with van der Waals surface area (Å²) in [7, 11) is -2.39. The molecule has 2 aromatic carbocycles. The van der Waals surface area contributed by atoms with E-state index in [0.29, 0.717) is 5.75 Å². The fourth-order valence-corrected chi connectivity index (χ4v) is 4.29. The number of rotatable bonds is 10. The predicted molar refractivity (Wildman–Crippen MR) is 130 cm³/mol. The zero-order valence-corrected chi connectivity index (χ0v) is 21.0. The number of carbonyl (C=O) groups is 2. The second-order valence-electron chi connectivity index (χ2n) is 7.93. The Hall–Kier alpha value is -2.78. The van der Waals surface area contributed by atoms with Crippen LogP contribution in [-0.4, -0.2) is 57.1 Å². The van der Waals surface area contributed by atoms with Crippen LogP contribution in [0.5, 0.6) is 5.75 Å². The summed E-state index contributed by atoms with van der Waals surface area (Å²) in [6.07, 6.45) is 1.01. The molecular formula is C23H30ClN3O5S. The van der Waals surface area contributed by atoms with Crippen molar-refractivity contribution in [3.05, 3.63) is 59.1 Å². The zero-order valence-electron chi connectivity index (χ0n) is 19.4. The van der Waals surface area contributed by atoms with Crippen LogP contribution >= 0.6 is 11.6 Å². The molecule has 0 saturated heterocycles. The third-order valence-corrected chi connectivity index (χ3v) is 6.33. The van der Waals surface area contributed by atoms with Gasteiger partial charge in [-0.15, -0.1) is 0 Å². The summed E-state index contributed by atoms with van der Waals surface area (Å²) in [6.45, 7) is 4.92. The average Bonchev–Trinajstić information content (AvgIpc) is 2.74. The SMILES string of the molecule is COc1ccc(N(CC(=O)N(Cc2ccccc2)[C@@H](C)C(=O)NC(C)C)S(C)(=O)=O)cc1Cl. The summed E-state index contributed by atoms with van der Waals surface area (Å²) in [6, 6.07) is 12.7. The summed E-state index contributed by atoms with van der Waals surface area (Å²) in [5.74, 6) is -0.472. The van der Waals surface area contributed by atoms with Crippen molar-refractivity contribution in [1.82, 2.24) is 10.2 Å². The number of sulfonamides is 1. The first kappa shape index (κ1) is 26.5. The van der Waals surface area contributed by atoms with Gasteiger partial charge in [-0.1, -0.05) is 41.9 Å². The van der Waals surface area contributed by atoms with Crippen LogP contribution in [0.1, 0.15) is 26.3 Å². The Kier molecular flexibility index (Phi) is 9.13. The third kappa shape index (κ3) is 7.36. The number of hydrogen-bond acceptors (Lipinski definition) is 5. The number of nitrogens with zero attached hydrogens (tertiary/aromatic N) is 2. The molecule has 0 aliphatic rings. The topological polar surface area (TPSA) is 96.0 Å². The number of hydrogen-bond donors (Lipinski definition) is 1. The number of anilines is 1. The van der Waals surface area contributed by atoms with Gasteiger partial charge in [0.15, 0.2) is 0 Å². The molecule has 2 amide bonds. The molecule has 0 unspecified atom stereocenters. The van der Waals surface area contributed by atoms with Gasteiger partial charge in [0.2, 0.25) is 21.8 Å². The highest BCUT2D eigenvalue weighted by atomic mass is 35.5. The maximum Gasteiger partial charge on any atom is 0.244 e. The Balaban J connectivity index is 2.39. The summed E-state index contributed by atoms with van der Waals surface area (Å²) >= 11 is 6.18. The van der Waals surface area contributed by atoms with Gasteiger partial charge in [0.05, 0.1) is 24.1 Å². The Morgan fingerprint density at radius 2 is 1.73 bits per heavy atom. The lowest BCUT2D eigenvalue weighted by atomic mass is 10.1. The summed E-state index contributed by atoms with van der Waals surface area (Å²) in [5, 5.41) is 3.01. The molecule has 10 heteroatoms. The van der Waals surface area contributed by atoms with E-state index < -0.39 is 28.5 Å². The van der Waals surface area contributed by atoms with Crippen molar-refractivity contribution in [3.63, 3.8) is 0 Å². The minimum Gasteiger partial charge on any atom is -0.495 e. The second-order valence-corrected chi connectivity index (χ2v) is 10.2. The fourth-order valence-electron chi connectivity index (χ4n) is 3.19. The molecule has 0 radical (unpaired) electrons. The Bertz CT molecular complexity index is 1080. The van der Waals surface area contributed by atoms with Gasteiger partial charge in [0.1, 0.15) is 18.3 Å². The molecule has 8 nitrogen and oxygen atoms in total. The Morgan fingerprint density at radius 3 is 2.24 bits per heavy atom. The van der Waals surface area contributed by atoms with Gasteiger partial charge in [-0.3, -0.25) is 13.9 Å². The average molecular weight is 496 g/mol. The molecule has 0 spiro atoms. The number of amides is 2. The molecule has 0 aromatic heterocycles. The van der Waals surface area contributed by atoms with Crippen molar-refractivity contribution < 1.29 is 22.7 Å². The van der Waals surface area contributed by atoms with Gasteiger partial charge in [0.25, 0.3) is 0 Å². The van der Waals surface area contributed by atoms with E-state index in [0.717, 1.165) is 16.1 Å². The second kappa shape index (κ2) is 11.4. The molecule has 0 heterocycles. The maximum atomic E-state index is 13.4. The van der Waals surface area contributed by atoms with Gasteiger partial charge in [-0.05, 0) is 44.5 Å². The van der Waals surface area contributed by atoms with E-state index >= 15 is 0 Å². The summed E-state index contributed by atoms with van der Waals surface area (Å²) in [4.78, 5) is 27.5. The minimum atomic E-state index is -3.83. The van der Waals surface area contributed by atoms with Crippen LogP contribution in [0.3, 0.4) is 0 Å². The highest BCUT2D eigenvalue weighted by molar-refractivity contribution is 7.92. The minimum absolute atomic E-state index is 0.109. The molecule has 1 atom stereocenters.